The third-order valence-electron chi connectivity index (χ3n) is 4.68. The van der Waals surface area contributed by atoms with Crippen LogP contribution in [0.2, 0.25) is 0 Å². The number of rotatable bonds is 5. The highest BCUT2D eigenvalue weighted by molar-refractivity contribution is 5.84. The monoisotopic (exact) mass is 296 g/mol. The van der Waals surface area contributed by atoms with Crippen molar-refractivity contribution in [3.63, 3.8) is 0 Å². The molecule has 2 rings (SSSR count). The number of nitrogens with one attached hydrogen (secondary N) is 1. The van der Waals surface area contributed by atoms with Crippen molar-refractivity contribution in [2.45, 2.75) is 63.8 Å². The van der Waals surface area contributed by atoms with E-state index >= 15 is 0 Å². The lowest BCUT2D eigenvalue weighted by Gasteiger charge is -2.18. The highest BCUT2D eigenvalue weighted by Gasteiger charge is 2.25. The quantitative estimate of drug-likeness (QED) is 0.754. The number of carbonyl (C=O) groups is 2. The van der Waals surface area contributed by atoms with E-state index in [2.05, 4.69) is 5.32 Å². The molecule has 1 heterocycles. The Morgan fingerprint density at radius 3 is 2.38 bits per heavy atom. The number of carbonyl (C=O) groups excluding carboxylic acids is 2. The first-order valence-corrected chi connectivity index (χ1v) is 8.37. The number of nitrogens with zero attached hydrogens (tertiary/aromatic N) is 1. The van der Waals surface area contributed by atoms with Crippen LogP contribution < -0.4 is 5.32 Å². The summed E-state index contributed by atoms with van der Waals surface area (Å²) in [4.78, 5) is 25.7. The Morgan fingerprint density at radius 1 is 1.05 bits per heavy atom. The van der Waals surface area contributed by atoms with E-state index in [-0.39, 0.29) is 37.2 Å². The molecule has 21 heavy (non-hydrogen) atoms. The van der Waals surface area contributed by atoms with Gasteiger partial charge in [-0.25, -0.2) is 0 Å². The predicted molar refractivity (Wildman–Crippen MR) is 80.6 cm³/mol. The van der Waals surface area contributed by atoms with Crippen molar-refractivity contribution < 1.29 is 14.7 Å². The number of likely N-dealkylation sites (tertiary alicyclic amines) is 1. The average molecular weight is 296 g/mol. The summed E-state index contributed by atoms with van der Waals surface area (Å²) in [5.41, 5.74) is 0. The van der Waals surface area contributed by atoms with Gasteiger partial charge in [0.1, 0.15) is 0 Å². The minimum absolute atomic E-state index is 0.00755. The molecule has 1 saturated carbocycles. The van der Waals surface area contributed by atoms with Gasteiger partial charge in [-0.05, 0) is 19.3 Å². The summed E-state index contributed by atoms with van der Waals surface area (Å²) in [6.07, 6.45) is 8.52. The Morgan fingerprint density at radius 2 is 1.76 bits per heavy atom. The van der Waals surface area contributed by atoms with Gasteiger partial charge in [0.2, 0.25) is 11.8 Å². The molecule has 0 spiro atoms. The molecule has 5 heteroatoms. The zero-order valence-corrected chi connectivity index (χ0v) is 12.9. The molecule has 0 unspecified atom stereocenters. The number of aliphatic hydroxyl groups is 1. The Balaban J connectivity index is 1.65. The molecule has 0 aromatic heterocycles. The van der Waals surface area contributed by atoms with Gasteiger partial charge in [0.25, 0.3) is 0 Å². The van der Waals surface area contributed by atoms with Gasteiger partial charge in [-0.15, -0.1) is 0 Å². The predicted octanol–water partition coefficient (Wildman–Crippen LogP) is 1.45. The van der Waals surface area contributed by atoms with Crippen LogP contribution in [0.1, 0.15) is 57.8 Å². The van der Waals surface area contributed by atoms with Gasteiger partial charge in [-0.2, -0.15) is 0 Å². The van der Waals surface area contributed by atoms with E-state index in [1.165, 1.54) is 25.7 Å². The van der Waals surface area contributed by atoms with Gasteiger partial charge >= 0.3 is 0 Å². The minimum atomic E-state index is 0.00755. The summed E-state index contributed by atoms with van der Waals surface area (Å²) in [6.45, 7) is 1.50. The molecule has 1 aliphatic carbocycles. The first kappa shape index (κ1) is 16.3. The molecule has 2 amide bonds. The highest BCUT2D eigenvalue weighted by Crippen LogP contribution is 2.18. The summed E-state index contributed by atoms with van der Waals surface area (Å²) in [7, 11) is 0. The van der Waals surface area contributed by atoms with Crippen LogP contribution in [0.25, 0.3) is 0 Å². The van der Waals surface area contributed by atoms with Gasteiger partial charge < -0.3 is 15.3 Å². The minimum Gasteiger partial charge on any atom is -0.396 e. The van der Waals surface area contributed by atoms with E-state index in [1.807, 2.05) is 0 Å². The molecule has 0 aromatic rings. The maximum atomic E-state index is 12.0. The number of amides is 2. The largest absolute Gasteiger partial charge is 0.396 e. The fraction of sp³-hybridized carbons (Fsp3) is 0.875. The third kappa shape index (κ3) is 5.30. The summed E-state index contributed by atoms with van der Waals surface area (Å²) >= 11 is 0. The second-order valence-corrected chi connectivity index (χ2v) is 6.43. The zero-order chi connectivity index (χ0) is 15.1. The molecule has 1 saturated heterocycles. The van der Waals surface area contributed by atoms with Gasteiger partial charge in [0, 0.05) is 44.5 Å². The first-order valence-electron chi connectivity index (χ1n) is 8.37. The second kappa shape index (κ2) is 8.37. The van der Waals surface area contributed by atoms with E-state index in [1.54, 1.807) is 4.90 Å². The van der Waals surface area contributed by atoms with Crippen LogP contribution >= 0.6 is 0 Å². The summed E-state index contributed by atoms with van der Waals surface area (Å²) < 4.78 is 0. The number of aliphatic hydroxyl groups excluding tert-OH is 1. The van der Waals surface area contributed by atoms with E-state index in [9.17, 15) is 9.59 Å². The topological polar surface area (TPSA) is 69.6 Å². The average Bonchev–Trinajstić information content (AvgIpc) is 2.83. The van der Waals surface area contributed by atoms with Crippen molar-refractivity contribution in [3.8, 4) is 0 Å². The van der Waals surface area contributed by atoms with Crippen LogP contribution in [0, 0.1) is 5.92 Å². The first-order chi connectivity index (χ1) is 10.2. The molecule has 0 bridgehead atoms. The van der Waals surface area contributed by atoms with E-state index in [0.29, 0.717) is 19.1 Å². The van der Waals surface area contributed by atoms with Crippen molar-refractivity contribution in [1.82, 2.24) is 10.2 Å². The Bertz CT molecular complexity index is 351. The Kier molecular flexibility index (Phi) is 6.49. The normalized spacial score (nSPS) is 23.9. The summed E-state index contributed by atoms with van der Waals surface area (Å²) in [5, 5.41) is 12.2. The lowest BCUT2D eigenvalue weighted by atomic mass is 10.1. The second-order valence-electron chi connectivity index (χ2n) is 6.43. The Hall–Kier alpha value is -1.10. The zero-order valence-electron chi connectivity index (χ0n) is 12.9. The van der Waals surface area contributed by atoms with Crippen molar-refractivity contribution in [1.29, 1.82) is 0 Å². The fourth-order valence-corrected chi connectivity index (χ4v) is 3.31. The SMILES string of the molecule is O=C(CCC(=O)N1CC[C@H](CO)C1)NC1CCCCCC1. The summed E-state index contributed by atoms with van der Waals surface area (Å²) in [6, 6.07) is 0.306. The van der Waals surface area contributed by atoms with Crippen LogP contribution in [-0.4, -0.2) is 47.6 Å². The number of hydrogen-bond acceptors (Lipinski definition) is 3. The lowest BCUT2D eigenvalue weighted by Crippen LogP contribution is -2.36. The van der Waals surface area contributed by atoms with Crippen LogP contribution in [0.3, 0.4) is 0 Å². The summed E-state index contributed by atoms with van der Waals surface area (Å²) in [5.74, 6) is 0.267. The third-order valence-corrected chi connectivity index (χ3v) is 4.68. The lowest BCUT2D eigenvalue weighted by molar-refractivity contribution is -0.133. The smallest absolute Gasteiger partial charge is 0.223 e. The van der Waals surface area contributed by atoms with E-state index in [0.717, 1.165) is 19.3 Å². The van der Waals surface area contributed by atoms with Crippen LogP contribution in [0.4, 0.5) is 0 Å². The molecule has 2 aliphatic rings. The van der Waals surface area contributed by atoms with E-state index < -0.39 is 0 Å². The van der Waals surface area contributed by atoms with Crippen molar-refractivity contribution in [2.75, 3.05) is 19.7 Å². The van der Waals surface area contributed by atoms with Gasteiger partial charge in [0.15, 0.2) is 0 Å². The maximum Gasteiger partial charge on any atom is 0.223 e. The van der Waals surface area contributed by atoms with Crippen LogP contribution in [-0.2, 0) is 9.59 Å². The molecule has 0 aromatic carbocycles. The molecular weight excluding hydrogens is 268 g/mol. The van der Waals surface area contributed by atoms with Crippen molar-refractivity contribution in [2.24, 2.45) is 5.92 Å². The molecule has 0 radical (unpaired) electrons. The fourth-order valence-electron chi connectivity index (χ4n) is 3.31. The van der Waals surface area contributed by atoms with Crippen molar-refractivity contribution >= 4 is 11.8 Å². The molecular formula is C16H28N2O3. The molecule has 5 nitrogen and oxygen atoms in total. The molecule has 2 fully saturated rings. The van der Waals surface area contributed by atoms with Gasteiger partial charge in [0.05, 0.1) is 0 Å². The molecule has 2 N–H and O–H groups in total. The Labute approximate surface area is 127 Å². The van der Waals surface area contributed by atoms with E-state index in [4.69, 9.17) is 5.11 Å². The standard InChI is InChI=1S/C16H28N2O3/c19-12-13-9-10-18(11-13)16(21)8-7-15(20)17-14-5-3-1-2-4-6-14/h13-14,19H,1-12H2,(H,17,20)/t13-/m0/s1. The highest BCUT2D eigenvalue weighted by atomic mass is 16.3. The molecule has 1 atom stereocenters. The molecule has 120 valence electrons. The van der Waals surface area contributed by atoms with Crippen molar-refractivity contribution in [3.05, 3.63) is 0 Å². The number of hydrogen-bond donors (Lipinski definition) is 2. The maximum absolute atomic E-state index is 12.0. The van der Waals surface area contributed by atoms with Crippen LogP contribution in [0.15, 0.2) is 0 Å². The molecule has 1 aliphatic heterocycles. The van der Waals surface area contributed by atoms with Gasteiger partial charge in [-0.1, -0.05) is 25.7 Å². The van der Waals surface area contributed by atoms with Crippen LogP contribution in [0.5, 0.6) is 0 Å². The van der Waals surface area contributed by atoms with Gasteiger partial charge in [-0.3, -0.25) is 9.59 Å².